The Kier molecular flexibility index (Phi) is 10.2. The van der Waals surface area contributed by atoms with Crippen LogP contribution in [0.5, 0.6) is 0 Å². The number of rotatable bonds is 9. The summed E-state index contributed by atoms with van der Waals surface area (Å²) in [6, 6.07) is 7.65. The Labute approximate surface area is 203 Å². The molecule has 2 aliphatic rings. The van der Waals surface area contributed by atoms with Crippen LogP contribution < -0.4 is 5.32 Å². The number of amides is 2. The van der Waals surface area contributed by atoms with Crippen molar-refractivity contribution in [1.82, 2.24) is 20.0 Å². The molecule has 7 nitrogen and oxygen atoms in total. The third-order valence-electron chi connectivity index (χ3n) is 6.06. The lowest BCUT2D eigenvalue weighted by Crippen LogP contribution is -2.43. The van der Waals surface area contributed by atoms with E-state index in [-0.39, 0.29) is 35.8 Å². The first kappa shape index (κ1) is 25.6. The van der Waals surface area contributed by atoms with Crippen LogP contribution in [0.15, 0.2) is 29.3 Å². The Balaban J connectivity index is 0.00000341. The minimum absolute atomic E-state index is 0. The molecular formula is C23H36IN5O2. The van der Waals surface area contributed by atoms with E-state index in [9.17, 15) is 9.59 Å². The first-order valence-electron chi connectivity index (χ1n) is 11.3. The number of guanidine groups is 1. The van der Waals surface area contributed by atoms with E-state index in [2.05, 4.69) is 35.9 Å². The van der Waals surface area contributed by atoms with Gasteiger partial charge in [0.05, 0.1) is 11.1 Å². The molecule has 1 saturated heterocycles. The average Bonchev–Trinajstić information content (AvgIpc) is 3.33. The van der Waals surface area contributed by atoms with Gasteiger partial charge in [-0.2, -0.15) is 0 Å². The highest BCUT2D eigenvalue weighted by molar-refractivity contribution is 14.0. The van der Waals surface area contributed by atoms with Crippen molar-refractivity contribution in [3.05, 3.63) is 35.4 Å². The highest BCUT2D eigenvalue weighted by Gasteiger charge is 2.34. The molecule has 31 heavy (non-hydrogen) atoms. The molecule has 0 aliphatic carbocycles. The van der Waals surface area contributed by atoms with Gasteiger partial charge in [-0.05, 0) is 51.4 Å². The van der Waals surface area contributed by atoms with E-state index in [1.54, 1.807) is 24.3 Å². The van der Waals surface area contributed by atoms with Gasteiger partial charge in [-0.15, -0.1) is 24.0 Å². The standard InChI is InChI=1S/C23H35N5O2.HI/c1-4-24-23(27-16-13-18(17-27)26(5-2)6-3)25-14-9-10-15-28-21(29)19-11-7-8-12-20(19)22(28)30;/h7-8,11-12,18H,4-6,9-10,13-17H2,1-3H3,(H,24,25);1H. The highest BCUT2D eigenvalue weighted by atomic mass is 127. The Morgan fingerprint density at radius 1 is 1.10 bits per heavy atom. The molecule has 0 spiro atoms. The molecule has 0 bridgehead atoms. The maximum atomic E-state index is 12.4. The van der Waals surface area contributed by atoms with Crippen LogP contribution in [0.1, 0.15) is 60.7 Å². The summed E-state index contributed by atoms with van der Waals surface area (Å²) in [7, 11) is 0. The zero-order valence-corrected chi connectivity index (χ0v) is 21.3. The molecule has 1 aromatic rings. The number of unbranched alkanes of at least 4 members (excludes halogenated alkanes) is 1. The van der Waals surface area contributed by atoms with Crippen molar-refractivity contribution in [2.75, 3.05) is 45.8 Å². The number of nitrogens with zero attached hydrogens (tertiary/aromatic N) is 4. The molecule has 1 aromatic carbocycles. The molecule has 3 rings (SSSR count). The molecule has 0 radical (unpaired) electrons. The first-order valence-corrected chi connectivity index (χ1v) is 11.3. The largest absolute Gasteiger partial charge is 0.357 e. The Morgan fingerprint density at radius 2 is 1.74 bits per heavy atom. The van der Waals surface area contributed by atoms with Gasteiger partial charge in [0, 0.05) is 38.8 Å². The van der Waals surface area contributed by atoms with Gasteiger partial charge in [-0.25, -0.2) is 0 Å². The predicted molar refractivity (Wildman–Crippen MR) is 135 cm³/mol. The number of hydrogen-bond donors (Lipinski definition) is 1. The predicted octanol–water partition coefficient (Wildman–Crippen LogP) is 3.06. The minimum Gasteiger partial charge on any atom is -0.357 e. The van der Waals surface area contributed by atoms with Crippen molar-refractivity contribution in [3.8, 4) is 0 Å². The number of carbonyl (C=O) groups is 2. The van der Waals surface area contributed by atoms with E-state index >= 15 is 0 Å². The first-order chi connectivity index (χ1) is 14.6. The number of carbonyl (C=O) groups excluding carboxylic acids is 2. The van der Waals surface area contributed by atoms with Gasteiger partial charge in [0.15, 0.2) is 5.96 Å². The SMILES string of the molecule is CCNC(=NCCCCN1C(=O)c2ccccc2C1=O)N1CCC(N(CC)CC)C1.I. The van der Waals surface area contributed by atoms with E-state index in [0.29, 0.717) is 30.3 Å². The van der Waals surface area contributed by atoms with Crippen LogP contribution in [0.4, 0.5) is 0 Å². The van der Waals surface area contributed by atoms with Gasteiger partial charge in [0.25, 0.3) is 11.8 Å². The molecule has 1 atom stereocenters. The molecule has 0 saturated carbocycles. The third-order valence-corrected chi connectivity index (χ3v) is 6.06. The lowest BCUT2D eigenvalue weighted by molar-refractivity contribution is 0.0652. The summed E-state index contributed by atoms with van der Waals surface area (Å²) in [5.41, 5.74) is 1.04. The van der Waals surface area contributed by atoms with Crippen molar-refractivity contribution in [3.63, 3.8) is 0 Å². The van der Waals surface area contributed by atoms with Gasteiger partial charge in [-0.1, -0.05) is 26.0 Å². The smallest absolute Gasteiger partial charge is 0.261 e. The fourth-order valence-electron chi connectivity index (χ4n) is 4.41. The van der Waals surface area contributed by atoms with E-state index in [1.807, 2.05) is 0 Å². The lowest BCUT2D eigenvalue weighted by Gasteiger charge is -2.27. The van der Waals surface area contributed by atoms with Crippen molar-refractivity contribution in [2.45, 2.75) is 46.1 Å². The van der Waals surface area contributed by atoms with E-state index in [4.69, 9.17) is 4.99 Å². The maximum Gasteiger partial charge on any atom is 0.261 e. The van der Waals surface area contributed by atoms with Gasteiger partial charge in [0.2, 0.25) is 0 Å². The number of aliphatic imine (C=N–C) groups is 1. The van der Waals surface area contributed by atoms with Crippen molar-refractivity contribution in [2.24, 2.45) is 4.99 Å². The van der Waals surface area contributed by atoms with Crippen LogP contribution in [-0.2, 0) is 0 Å². The second-order valence-electron chi connectivity index (χ2n) is 7.86. The van der Waals surface area contributed by atoms with Crippen LogP contribution in [0.3, 0.4) is 0 Å². The molecule has 2 amide bonds. The van der Waals surface area contributed by atoms with Crippen molar-refractivity contribution >= 4 is 41.8 Å². The zero-order valence-electron chi connectivity index (χ0n) is 19.0. The molecule has 1 unspecified atom stereocenters. The molecular weight excluding hydrogens is 505 g/mol. The van der Waals surface area contributed by atoms with E-state index < -0.39 is 0 Å². The Bertz CT molecular complexity index is 746. The number of likely N-dealkylation sites (tertiary alicyclic amines) is 1. The summed E-state index contributed by atoms with van der Waals surface area (Å²) in [5, 5.41) is 3.42. The molecule has 0 aromatic heterocycles. The van der Waals surface area contributed by atoms with Gasteiger partial charge >= 0.3 is 0 Å². The van der Waals surface area contributed by atoms with Crippen LogP contribution in [0.25, 0.3) is 0 Å². The Morgan fingerprint density at radius 3 is 2.32 bits per heavy atom. The molecule has 2 heterocycles. The third kappa shape index (κ3) is 5.97. The fourth-order valence-corrected chi connectivity index (χ4v) is 4.41. The van der Waals surface area contributed by atoms with Gasteiger partial charge in [-0.3, -0.25) is 24.4 Å². The average molecular weight is 541 g/mol. The van der Waals surface area contributed by atoms with Crippen LogP contribution in [-0.4, -0.2) is 84.3 Å². The molecule has 8 heteroatoms. The quantitative estimate of drug-likeness (QED) is 0.171. The molecule has 1 fully saturated rings. The zero-order chi connectivity index (χ0) is 21.5. The van der Waals surface area contributed by atoms with Crippen molar-refractivity contribution < 1.29 is 9.59 Å². The lowest BCUT2D eigenvalue weighted by atomic mass is 10.1. The summed E-state index contributed by atoms with van der Waals surface area (Å²) in [4.78, 5) is 35.9. The Hall–Kier alpha value is -1.68. The number of fused-ring (bicyclic) bond motifs is 1. The topological polar surface area (TPSA) is 68.2 Å². The van der Waals surface area contributed by atoms with Crippen LogP contribution >= 0.6 is 24.0 Å². The second-order valence-corrected chi connectivity index (χ2v) is 7.86. The number of likely N-dealkylation sites (N-methyl/N-ethyl adjacent to an activating group) is 1. The van der Waals surface area contributed by atoms with E-state index in [1.165, 1.54) is 11.3 Å². The van der Waals surface area contributed by atoms with Gasteiger partial charge < -0.3 is 10.2 Å². The fraction of sp³-hybridized carbons (Fsp3) is 0.609. The van der Waals surface area contributed by atoms with Crippen LogP contribution in [0.2, 0.25) is 0 Å². The molecule has 172 valence electrons. The normalized spacial score (nSPS) is 18.6. The number of nitrogens with one attached hydrogen (secondary N) is 1. The van der Waals surface area contributed by atoms with Gasteiger partial charge in [0.1, 0.15) is 0 Å². The number of halogens is 1. The number of hydrogen-bond acceptors (Lipinski definition) is 4. The summed E-state index contributed by atoms with van der Waals surface area (Å²) < 4.78 is 0. The maximum absolute atomic E-state index is 12.4. The monoisotopic (exact) mass is 541 g/mol. The number of benzene rings is 1. The summed E-state index contributed by atoms with van der Waals surface area (Å²) in [6.45, 7) is 12.7. The van der Waals surface area contributed by atoms with E-state index in [0.717, 1.165) is 51.5 Å². The minimum atomic E-state index is -0.174. The van der Waals surface area contributed by atoms with Crippen LogP contribution in [0, 0.1) is 0 Å². The highest BCUT2D eigenvalue weighted by Crippen LogP contribution is 2.22. The summed E-state index contributed by atoms with van der Waals surface area (Å²) in [6.07, 6.45) is 2.78. The molecule has 2 aliphatic heterocycles. The second kappa shape index (κ2) is 12.4. The summed E-state index contributed by atoms with van der Waals surface area (Å²) in [5.74, 6) is 0.631. The summed E-state index contributed by atoms with van der Waals surface area (Å²) >= 11 is 0. The molecule has 1 N–H and O–H groups in total. The van der Waals surface area contributed by atoms with Crippen molar-refractivity contribution in [1.29, 1.82) is 0 Å². The number of imide groups is 1.